The molecule has 6 heteroatoms. The van der Waals surface area contributed by atoms with E-state index in [0.29, 0.717) is 24.5 Å². The quantitative estimate of drug-likeness (QED) is 0.444. The number of fused-ring (bicyclic) bond motifs is 5. The van der Waals surface area contributed by atoms with Gasteiger partial charge >= 0.3 is 5.97 Å². The van der Waals surface area contributed by atoms with E-state index >= 15 is 0 Å². The van der Waals surface area contributed by atoms with E-state index in [0.717, 1.165) is 76.4 Å². The van der Waals surface area contributed by atoms with Crippen LogP contribution in [0.3, 0.4) is 0 Å². The van der Waals surface area contributed by atoms with Crippen LogP contribution < -0.4 is 5.32 Å². The number of hydrogen-bond donors (Lipinski definition) is 3. The fourth-order valence-corrected chi connectivity index (χ4v) is 10.8. The number of ketones is 1. The molecule has 41 heavy (non-hydrogen) atoms. The minimum absolute atomic E-state index is 0.0270. The van der Waals surface area contributed by atoms with Crippen molar-refractivity contribution in [1.82, 2.24) is 0 Å². The van der Waals surface area contributed by atoms with Crippen LogP contribution in [0.15, 0.2) is 30.3 Å². The van der Waals surface area contributed by atoms with Crippen molar-refractivity contribution in [2.75, 3.05) is 13.1 Å². The highest BCUT2D eigenvalue weighted by molar-refractivity contribution is 5.87. The van der Waals surface area contributed by atoms with Crippen LogP contribution in [0.25, 0.3) is 0 Å². The average Bonchev–Trinajstić information content (AvgIpc) is 3.32. The lowest BCUT2D eigenvalue weighted by molar-refractivity contribution is -0.668. The standard InChI is InChI=1S/C35H51NO5/c1-22(9-12-31(40)41-35(15-17-36-18-16-35)23-7-5-4-6-8-23)26-10-11-27-32-28(21-30(39)34(26,27)3)33(2)14-13-25(37)19-24(33)20-29(32)38/h4-8,22,24-29,32,36-38H,9-21H2,1-3H3/p+1/t22-,24+,25?,26-,27+,28+,29?,32+,33+,34-/m1/s1. The van der Waals surface area contributed by atoms with Crippen molar-refractivity contribution in [2.45, 2.75) is 109 Å². The molecule has 1 aromatic rings. The van der Waals surface area contributed by atoms with Gasteiger partial charge < -0.3 is 20.3 Å². The van der Waals surface area contributed by atoms with E-state index in [1.165, 1.54) is 0 Å². The number of ether oxygens (including phenoxy) is 1. The van der Waals surface area contributed by atoms with Gasteiger partial charge in [-0.15, -0.1) is 0 Å². The Bertz CT molecular complexity index is 1120. The number of nitrogens with two attached hydrogens (primary N) is 1. The second kappa shape index (κ2) is 11.1. The molecule has 6 nitrogen and oxygen atoms in total. The minimum Gasteiger partial charge on any atom is -0.454 e. The number of aliphatic hydroxyl groups excluding tert-OH is 2. The van der Waals surface area contributed by atoms with Gasteiger partial charge in [0, 0.05) is 31.1 Å². The highest BCUT2D eigenvalue weighted by Crippen LogP contribution is 2.67. The Kier molecular flexibility index (Phi) is 7.91. The summed E-state index contributed by atoms with van der Waals surface area (Å²) in [5.41, 5.74) is 0.152. The van der Waals surface area contributed by atoms with Crippen LogP contribution in [0.5, 0.6) is 0 Å². The summed E-state index contributed by atoms with van der Waals surface area (Å²) in [7, 11) is 0. The maximum atomic E-state index is 14.1. The Morgan fingerprint density at radius 1 is 1.02 bits per heavy atom. The summed E-state index contributed by atoms with van der Waals surface area (Å²) in [5.74, 6) is 1.58. The van der Waals surface area contributed by atoms with Crippen molar-refractivity contribution in [3.8, 4) is 0 Å². The van der Waals surface area contributed by atoms with Crippen LogP contribution in [0.1, 0.15) is 97.0 Å². The molecule has 6 rings (SSSR count). The third-order valence-corrected chi connectivity index (χ3v) is 13.2. The Balaban J connectivity index is 1.14. The molecule has 0 radical (unpaired) electrons. The van der Waals surface area contributed by atoms with Gasteiger partial charge in [-0.05, 0) is 91.4 Å². The Hall–Kier alpha value is -1.76. The minimum atomic E-state index is -0.532. The molecule has 4 N–H and O–H groups in total. The molecule has 0 spiro atoms. The lowest BCUT2D eigenvalue weighted by Crippen LogP contribution is -2.87. The number of carbonyl (C=O) groups excluding carboxylic acids is 2. The summed E-state index contributed by atoms with van der Waals surface area (Å²) in [5, 5.41) is 24.2. The van der Waals surface area contributed by atoms with Crippen molar-refractivity contribution < 1.29 is 29.9 Å². The van der Waals surface area contributed by atoms with E-state index in [4.69, 9.17) is 4.74 Å². The predicted molar refractivity (Wildman–Crippen MR) is 157 cm³/mol. The van der Waals surface area contributed by atoms with Gasteiger partial charge in [0.1, 0.15) is 11.4 Å². The van der Waals surface area contributed by atoms with Crippen LogP contribution in [0.2, 0.25) is 0 Å². The molecule has 5 fully saturated rings. The fraction of sp³-hybridized carbons (Fsp3) is 0.771. The summed E-state index contributed by atoms with van der Waals surface area (Å²) < 4.78 is 6.31. The second-order valence-electron chi connectivity index (χ2n) is 15.0. The van der Waals surface area contributed by atoms with Gasteiger partial charge in [-0.3, -0.25) is 9.59 Å². The smallest absolute Gasteiger partial charge is 0.306 e. The predicted octanol–water partition coefficient (Wildman–Crippen LogP) is 4.37. The number of hydrogen-bond acceptors (Lipinski definition) is 5. The Morgan fingerprint density at radius 2 is 1.76 bits per heavy atom. The normalized spacial score (nSPS) is 42.5. The van der Waals surface area contributed by atoms with Crippen LogP contribution >= 0.6 is 0 Å². The van der Waals surface area contributed by atoms with Crippen LogP contribution in [0, 0.1) is 46.3 Å². The highest BCUT2D eigenvalue weighted by Gasteiger charge is 2.65. The number of piperidine rings is 1. The molecule has 10 atom stereocenters. The van der Waals surface area contributed by atoms with Crippen LogP contribution in [0.4, 0.5) is 0 Å². The molecule has 0 amide bonds. The van der Waals surface area contributed by atoms with Gasteiger partial charge in [0.25, 0.3) is 0 Å². The van der Waals surface area contributed by atoms with Gasteiger partial charge in [0.05, 0.1) is 25.3 Å². The first-order valence-electron chi connectivity index (χ1n) is 16.6. The lowest BCUT2D eigenvalue weighted by atomic mass is 9.43. The van der Waals surface area contributed by atoms with Crippen LogP contribution in [-0.4, -0.2) is 47.3 Å². The number of Topliss-reactive ketones (excluding diaryl/α,β-unsaturated/α-hetero) is 1. The third-order valence-electron chi connectivity index (χ3n) is 13.2. The topological polar surface area (TPSA) is 100 Å². The molecule has 4 saturated carbocycles. The summed E-state index contributed by atoms with van der Waals surface area (Å²) in [4.78, 5) is 27.4. The summed E-state index contributed by atoms with van der Waals surface area (Å²) in [6.07, 6.45) is 7.89. The van der Waals surface area contributed by atoms with E-state index < -0.39 is 17.1 Å². The van der Waals surface area contributed by atoms with Gasteiger partial charge in [-0.25, -0.2) is 0 Å². The maximum Gasteiger partial charge on any atom is 0.306 e. The molecule has 1 saturated heterocycles. The van der Waals surface area contributed by atoms with Gasteiger partial charge in [0.2, 0.25) is 0 Å². The van der Waals surface area contributed by atoms with Crippen molar-refractivity contribution >= 4 is 11.8 Å². The zero-order valence-electron chi connectivity index (χ0n) is 25.4. The zero-order chi connectivity index (χ0) is 29.0. The second-order valence-corrected chi connectivity index (χ2v) is 15.0. The number of rotatable bonds is 6. The molecule has 1 aliphatic heterocycles. The maximum absolute atomic E-state index is 14.1. The van der Waals surface area contributed by atoms with Gasteiger partial charge in [0.15, 0.2) is 0 Å². The first kappa shape index (κ1) is 29.3. The lowest BCUT2D eigenvalue weighted by Gasteiger charge is -2.61. The molecule has 2 unspecified atom stereocenters. The number of quaternary nitrogens is 1. The summed E-state index contributed by atoms with van der Waals surface area (Å²) >= 11 is 0. The molecule has 1 heterocycles. The summed E-state index contributed by atoms with van der Waals surface area (Å²) in [6.45, 7) is 8.67. The van der Waals surface area contributed by atoms with E-state index in [1.54, 1.807) is 0 Å². The average molecular weight is 567 g/mol. The van der Waals surface area contributed by atoms with Gasteiger partial charge in [-0.2, -0.15) is 0 Å². The number of benzene rings is 1. The molecule has 0 bridgehead atoms. The molecular formula is C35H52NO5+. The van der Waals surface area contributed by atoms with E-state index in [1.807, 2.05) is 18.2 Å². The zero-order valence-corrected chi connectivity index (χ0v) is 25.4. The van der Waals surface area contributed by atoms with Crippen molar-refractivity contribution in [3.05, 3.63) is 35.9 Å². The third kappa shape index (κ3) is 4.90. The molecule has 0 aromatic heterocycles. The molecule has 1 aromatic carbocycles. The van der Waals surface area contributed by atoms with Crippen LogP contribution in [-0.2, 0) is 19.9 Å². The number of esters is 1. The van der Waals surface area contributed by atoms with Gasteiger partial charge in [-0.1, -0.05) is 51.1 Å². The van der Waals surface area contributed by atoms with Crippen molar-refractivity contribution in [3.63, 3.8) is 0 Å². The van der Waals surface area contributed by atoms with Crippen molar-refractivity contribution in [2.24, 2.45) is 46.3 Å². The van der Waals surface area contributed by atoms with E-state index in [9.17, 15) is 19.8 Å². The van der Waals surface area contributed by atoms with Crippen molar-refractivity contribution in [1.29, 1.82) is 0 Å². The molecular weight excluding hydrogens is 514 g/mol. The van der Waals surface area contributed by atoms with E-state index in [2.05, 4.69) is 38.2 Å². The highest BCUT2D eigenvalue weighted by atomic mass is 16.6. The molecule has 226 valence electrons. The largest absolute Gasteiger partial charge is 0.454 e. The monoisotopic (exact) mass is 566 g/mol. The van der Waals surface area contributed by atoms with E-state index in [-0.39, 0.29) is 47.1 Å². The first-order valence-corrected chi connectivity index (χ1v) is 16.6. The molecule has 5 aliphatic rings. The summed E-state index contributed by atoms with van der Waals surface area (Å²) in [6, 6.07) is 10.2. The number of carbonyl (C=O) groups is 2. The molecule has 4 aliphatic carbocycles. The SMILES string of the molecule is C[C@H](CCC(=O)OC1(c2ccccc2)CC[NH2+]CC1)[C@H]1CC[C@H]2[C@@H]3C(O)C[C@@H]4CC(O)CC[C@]4(C)[C@H]3CC(=O)[C@]12C. The number of aliphatic hydroxyl groups is 2. The fourth-order valence-electron chi connectivity index (χ4n) is 10.8. The Labute approximate surface area is 246 Å². The Morgan fingerprint density at radius 3 is 2.49 bits per heavy atom. The first-order chi connectivity index (χ1) is 19.6.